The van der Waals surface area contributed by atoms with Gasteiger partial charge in [-0.3, -0.25) is 0 Å². The van der Waals surface area contributed by atoms with E-state index in [4.69, 9.17) is 35.9 Å². The van der Waals surface area contributed by atoms with Gasteiger partial charge >= 0.3 is 29.6 Å². The Morgan fingerprint density at radius 1 is 1.42 bits per heavy atom. The van der Waals surface area contributed by atoms with Crippen LogP contribution < -0.4 is 41.0 Å². The van der Waals surface area contributed by atoms with Gasteiger partial charge in [0.25, 0.3) is 0 Å². The zero-order valence-corrected chi connectivity index (χ0v) is 12.3. The molecule has 12 heavy (non-hydrogen) atoms. The molecule has 0 bridgehead atoms. The number of nitrogens with two attached hydrogens (primary N) is 2. The predicted octanol–water partition coefficient (Wildman–Crippen LogP) is -1.55. The molecule has 1 unspecified atom stereocenters. The zero-order valence-electron chi connectivity index (χ0n) is 8.07. The van der Waals surface area contributed by atoms with Crippen molar-refractivity contribution in [2.45, 2.75) is 12.2 Å². The fourth-order valence-corrected chi connectivity index (χ4v) is 2.40. The van der Waals surface area contributed by atoms with Crippen molar-refractivity contribution in [1.82, 2.24) is 0 Å². The summed E-state index contributed by atoms with van der Waals surface area (Å²) >= 11 is 12.3. The summed E-state index contributed by atoms with van der Waals surface area (Å²) in [5.74, 6) is 0.858. The van der Waals surface area contributed by atoms with Crippen LogP contribution in [0, 0.1) is 0 Å². The third-order valence-electron chi connectivity index (χ3n) is 0.778. The van der Waals surface area contributed by atoms with E-state index in [0.29, 0.717) is 13.9 Å². The Hall–Kier alpha value is 1.48. The van der Waals surface area contributed by atoms with Gasteiger partial charge in [-0.05, 0) is 0 Å². The molecular formula is C5H11N2NaS4. The van der Waals surface area contributed by atoms with E-state index in [1.54, 1.807) is 0 Å². The Bertz CT molecular complexity index is 169. The van der Waals surface area contributed by atoms with E-state index in [0.717, 1.165) is 5.75 Å². The minimum Gasteiger partial charge on any atom is -1.00 e. The third-order valence-corrected chi connectivity index (χ3v) is 3.38. The van der Waals surface area contributed by atoms with Gasteiger partial charge < -0.3 is 12.9 Å². The van der Waals surface area contributed by atoms with Gasteiger partial charge in [0.15, 0.2) is 0 Å². The Morgan fingerprint density at radius 3 is 2.25 bits per heavy atom. The van der Waals surface area contributed by atoms with Crippen LogP contribution in [0.3, 0.4) is 0 Å². The van der Waals surface area contributed by atoms with Crippen molar-refractivity contribution in [2.75, 3.05) is 5.75 Å². The first-order valence-electron chi connectivity index (χ1n) is 2.90. The third kappa shape index (κ3) is 11.5. The van der Waals surface area contributed by atoms with Crippen molar-refractivity contribution in [1.29, 1.82) is 0 Å². The summed E-state index contributed by atoms with van der Waals surface area (Å²) in [5.41, 5.74) is 10.6. The zero-order chi connectivity index (χ0) is 8.85. The maximum Gasteiger partial charge on any atom is 1.00 e. The summed E-state index contributed by atoms with van der Waals surface area (Å²) in [6, 6.07) is 0. The summed E-state index contributed by atoms with van der Waals surface area (Å²) in [6.45, 7) is 2.04. The summed E-state index contributed by atoms with van der Waals surface area (Å²) in [6.07, 6.45) is 0. The number of rotatable bonds is 3. The molecule has 0 fully saturated rings. The van der Waals surface area contributed by atoms with E-state index in [-0.39, 0.29) is 31.0 Å². The molecule has 0 amide bonds. The first-order valence-corrected chi connectivity index (χ1v) is 5.59. The molecule has 4 N–H and O–H groups in total. The second-order valence-corrected chi connectivity index (χ2v) is 5.82. The molecule has 66 valence electrons. The second-order valence-electron chi connectivity index (χ2n) is 1.88. The molecule has 0 aromatic carbocycles. The molecule has 0 radical (unpaired) electrons. The van der Waals surface area contributed by atoms with Gasteiger partial charge in [0, 0.05) is 11.0 Å². The van der Waals surface area contributed by atoms with Gasteiger partial charge in [-0.1, -0.05) is 54.9 Å². The smallest absolute Gasteiger partial charge is 1.00 e. The molecule has 0 aliphatic heterocycles. The van der Waals surface area contributed by atoms with Gasteiger partial charge in [0.1, 0.15) is 8.64 Å². The molecule has 0 aromatic heterocycles. The van der Waals surface area contributed by atoms with Gasteiger partial charge in [0.2, 0.25) is 0 Å². The van der Waals surface area contributed by atoms with E-state index in [2.05, 4.69) is 0 Å². The van der Waals surface area contributed by atoms with Gasteiger partial charge in [-0.15, -0.1) is 0 Å². The van der Waals surface area contributed by atoms with Crippen molar-refractivity contribution >= 4 is 56.6 Å². The second kappa shape index (κ2) is 9.05. The maximum atomic E-state index is 5.32. The number of thiocarbonyl (C=S) groups is 2. The van der Waals surface area contributed by atoms with Crippen LogP contribution in [0.25, 0.3) is 0 Å². The fourth-order valence-electron chi connectivity index (χ4n) is 0.432. The van der Waals surface area contributed by atoms with Crippen molar-refractivity contribution < 1.29 is 31.0 Å². The van der Waals surface area contributed by atoms with Crippen molar-refractivity contribution in [3.05, 3.63) is 0 Å². The van der Waals surface area contributed by atoms with Gasteiger partial charge in [0.05, 0.1) is 0 Å². The van der Waals surface area contributed by atoms with E-state index >= 15 is 0 Å². The molecule has 7 heteroatoms. The summed E-state index contributed by atoms with van der Waals surface area (Å²) < 4.78 is 0.946. The van der Waals surface area contributed by atoms with Crippen LogP contribution in [0.15, 0.2) is 0 Å². The topological polar surface area (TPSA) is 52.0 Å². The summed E-state index contributed by atoms with van der Waals surface area (Å²) in [5, 5.41) is 0.374. The first-order chi connectivity index (χ1) is 5.02. The molecule has 1 atom stereocenters. The van der Waals surface area contributed by atoms with E-state index in [1.165, 1.54) is 23.5 Å². The maximum absolute atomic E-state index is 5.32. The number of thioether (sulfide) groups is 2. The van der Waals surface area contributed by atoms with E-state index in [9.17, 15) is 0 Å². The van der Waals surface area contributed by atoms with Crippen LogP contribution in [-0.4, -0.2) is 19.6 Å². The van der Waals surface area contributed by atoms with Crippen LogP contribution >= 0.6 is 48.0 Å². The van der Waals surface area contributed by atoms with Crippen LogP contribution in [0.1, 0.15) is 8.35 Å². The van der Waals surface area contributed by atoms with Crippen LogP contribution in [-0.2, 0) is 0 Å². The molecule has 2 nitrogen and oxygen atoms in total. The van der Waals surface area contributed by atoms with Crippen molar-refractivity contribution in [3.63, 3.8) is 0 Å². The molecule has 0 saturated heterocycles. The average molecular weight is 250 g/mol. The van der Waals surface area contributed by atoms with Crippen LogP contribution in [0.4, 0.5) is 0 Å². The average Bonchev–Trinajstić information content (AvgIpc) is 1.82. The Kier molecular flexibility index (Phi) is 12.0. The first kappa shape index (κ1) is 15.9. The molecule has 0 spiro atoms. The Labute approximate surface area is 116 Å². The quantitative estimate of drug-likeness (QED) is 0.467. The molecule has 0 rings (SSSR count). The van der Waals surface area contributed by atoms with Crippen LogP contribution in [0.5, 0.6) is 0 Å². The fraction of sp³-hybridized carbons (Fsp3) is 0.600. The standard InChI is InChI=1S/C5H10N2S4.Na.H/c1-3(11-5(7)9)2-10-4(6)8;;/h3H,2H2,1H3,(H2,6,8)(H2,7,9);;/q;+1;-1. The summed E-state index contributed by atoms with van der Waals surface area (Å²) in [4.78, 5) is 0. The molecular weight excluding hydrogens is 239 g/mol. The Balaban J connectivity index is -0.000000500. The minimum absolute atomic E-state index is 0. The van der Waals surface area contributed by atoms with Crippen molar-refractivity contribution in [3.8, 4) is 0 Å². The molecule has 0 aliphatic rings. The van der Waals surface area contributed by atoms with E-state index in [1.807, 2.05) is 6.92 Å². The Morgan fingerprint density at radius 2 is 1.92 bits per heavy atom. The molecule has 0 aliphatic carbocycles. The molecule has 0 heterocycles. The molecule has 0 aromatic rings. The minimum atomic E-state index is 0. The largest absolute Gasteiger partial charge is 1.00 e. The number of hydrogen-bond donors (Lipinski definition) is 2. The summed E-state index contributed by atoms with van der Waals surface area (Å²) in [7, 11) is 0. The van der Waals surface area contributed by atoms with Gasteiger partial charge in [-0.2, -0.15) is 0 Å². The SMILES string of the molecule is CC(CSC(N)=S)SC(N)=S.[H-].[Na+]. The monoisotopic (exact) mass is 250 g/mol. The van der Waals surface area contributed by atoms with Crippen LogP contribution in [0.2, 0.25) is 0 Å². The van der Waals surface area contributed by atoms with Crippen molar-refractivity contribution in [2.24, 2.45) is 11.5 Å². The predicted molar refractivity (Wildman–Crippen MR) is 64.2 cm³/mol. The number of hydrogen-bond acceptors (Lipinski definition) is 4. The molecule has 0 saturated carbocycles. The normalized spacial score (nSPS) is 11.4. The van der Waals surface area contributed by atoms with Gasteiger partial charge in [-0.25, -0.2) is 0 Å². The van der Waals surface area contributed by atoms with E-state index < -0.39 is 0 Å².